The monoisotopic (exact) mass is 707 g/mol. The first-order valence-electron chi connectivity index (χ1n) is 8.01. The van der Waals surface area contributed by atoms with Gasteiger partial charge in [-0.25, -0.2) is 0 Å². The number of nitrogens with zero attached hydrogens (tertiary/aromatic N) is 6. The third-order valence-corrected chi connectivity index (χ3v) is 4.10. The van der Waals surface area contributed by atoms with Crippen LogP contribution in [0.1, 0.15) is 21.8 Å². The van der Waals surface area contributed by atoms with Crippen LogP contribution in [0.25, 0.3) is 5.32 Å². The molecule has 0 N–H and O–H groups in total. The molecule has 0 rings (SSSR count). The molecular formula is C16H35Cl4F6Li2N6O4S2+. The largest absolute Gasteiger partial charge is 1.00 e. The summed E-state index contributed by atoms with van der Waals surface area (Å²) < 4.78 is 98.1. The van der Waals surface area contributed by atoms with Gasteiger partial charge in [-0.05, 0) is 28.2 Å². The van der Waals surface area contributed by atoms with E-state index in [1.165, 1.54) is 6.92 Å². The zero-order valence-electron chi connectivity index (χ0n) is 22.4. The molecule has 0 atom stereocenters. The maximum absolute atomic E-state index is 10.7. The molecule has 0 aliphatic heterocycles. The standard InChI is InChI=1S/C5H12Cl2N2.C5H12ClN2.C2F6N.C2H3N.2CH4.ClH.2Li.2O2S/c1-8(2)5(6,7)9(3)4;1-7(2)5(6)8(3)4;3-1(4,5)9-2(6,7)8;1-2-3;;;;;;2*1-3-2/h1-4H3;1-4H3;;1H3;2*1H4;1H;;;;/q;+1;-1;;;;;2*+1;;/p-1. The van der Waals surface area contributed by atoms with Crippen LogP contribution in [0, 0.1) is 11.3 Å². The molecule has 0 saturated carbocycles. The molecule has 236 valence electrons. The minimum Gasteiger partial charge on any atom is -1.00 e. The Kier molecular flexibility index (Phi) is 75.4. The van der Waals surface area contributed by atoms with Gasteiger partial charge in [0, 0.05) is 18.5 Å². The molecule has 0 saturated heterocycles. The van der Waals surface area contributed by atoms with E-state index in [1.807, 2.05) is 65.9 Å². The van der Waals surface area contributed by atoms with Gasteiger partial charge in [0.25, 0.3) is 0 Å². The first-order chi connectivity index (χ1) is 15.4. The van der Waals surface area contributed by atoms with Crippen LogP contribution in [-0.2, 0) is 23.1 Å². The van der Waals surface area contributed by atoms with Crippen molar-refractivity contribution >= 4 is 63.2 Å². The molecule has 0 aromatic rings. The Balaban J connectivity index is -0.0000000289. The number of rotatable bonds is 2. The fourth-order valence-corrected chi connectivity index (χ4v) is 0.944. The average Bonchev–Trinajstić information content (AvgIpc) is 2.60. The van der Waals surface area contributed by atoms with Crippen LogP contribution >= 0.6 is 34.8 Å². The van der Waals surface area contributed by atoms with Crippen molar-refractivity contribution in [3.63, 3.8) is 0 Å². The van der Waals surface area contributed by atoms with Crippen LogP contribution in [0.4, 0.5) is 26.3 Å². The van der Waals surface area contributed by atoms with Crippen molar-refractivity contribution in [2.24, 2.45) is 0 Å². The van der Waals surface area contributed by atoms with Gasteiger partial charge < -0.3 is 17.7 Å². The predicted octanol–water partition coefficient (Wildman–Crippen LogP) is -4.51. The molecule has 0 fully saturated rings. The summed E-state index contributed by atoms with van der Waals surface area (Å²) in [5, 5.41) is 8.60. The molecule has 0 amide bonds. The summed E-state index contributed by atoms with van der Waals surface area (Å²) in [4.78, 5) is 5.29. The van der Waals surface area contributed by atoms with Crippen molar-refractivity contribution in [2.45, 2.75) is 39.0 Å². The molecule has 0 bridgehead atoms. The predicted molar refractivity (Wildman–Crippen MR) is 137 cm³/mol. The second kappa shape index (κ2) is 41.5. The Morgan fingerprint density at radius 3 is 0.975 bits per heavy atom. The van der Waals surface area contributed by atoms with Gasteiger partial charge in [0.15, 0.2) is 0 Å². The number of nitriles is 1. The summed E-state index contributed by atoms with van der Waals surface area (Å²) in [6.07, 6.45) is -11.0. The molecule has 0 spiro atoms. The van der Waals surface area contributed by atoms with Crippen LogP contribution in [0.3, 0.4) is 0 Å². The Bertz CT molecular complexity index is 658. The van der Waals surface area contributed by atoms with Gasteiger partial charge in [0.1, 0.15) is 0 Å². The minimum absolute atomic E-state index is 0. The fraction of sp³-hybridized carbons (Fsp3) is 0.875. The smallest absolute Gasteiger partial charge is 1.00 e. The molecule has 10 nitrogen and oxygen atoms in total. The van der Waals surface area contributed by atoms with E-state index >= 15 is 0 Å². The van der Waals surface area contributed by atoms with Gasteiger partial charge in [-0.2, -0.15) is 48.4 Å². The van der Waals surface area contributed by atoms with E-state index in [-0.39, 0.29) is 65.0 Å². The Hall–Kier alpha value is 0.415. The minimum atomic E-state index is -5.52. The summed E-state index contributed by atoms with van der Waals surface area (Å²) in [7, 11) is 14.9. The maximum Gasteiger partial charge on any atom is 1.00 e. The summed E-state index contributed by atoms with van der Waals surface area (Å²) in [6.45, 7) is 1.43. The fourth-order valence-electron chi connectivity index (χ4n) is 0.944. The summed E-state index contributed by atoms with van der Waals surface area (Å²) in [5.74, 6) is 0. The molecule has 0 heterocycles. The third kappa shape index (κ3) is 77.1. The van der Waals surface area contributed by atoms with E-state index in [2.05, 4.69) is 0 Å². The van der Waals surface area contributed by atoms with Crippen molar-refractivity contribution in [3.8, 4) is 6.07 Å². The second-order valence-corrected chi connectivity index (χ2v) is 7.62. The first kappa shape index (κ1) is 72.6. The first-order valence-corrected chi connectivity index (χ1v) is 10.5. The summed E-state index contributed by atoms with van der Waals surface area (Å²) >= 11 is 15.9. The Morgan fingerprint density at radius 1 is 0.800 bits per heavy atom. The van der Waals surface area contributed by atoms with Gasteiger partial charge in [-0.15, -0.1) is 0 Å². The van der Waals surface area contributed by atoms with Crippen molar-refractivity contribution in [1.82, 2.24) is 14.7 Å². The second-order valence-electron chi connectivity index (χ2n) is 5.76. The van der Waals surface area contributed by atoms with E-state index in [1.54, 1.807) is 15.9 Å². The molecule has 0 aromatic heterocycles. The molecule has 0 aromatic carbocycles. The van der Waals surface area contributed by atoms with Crippen LogP contribution in [-0.4, -0.2) is 115 Å². The topological polar surface area (TPSA) is 119 Å². The average molecular weight is 709 g/mol. The van der Waals surface area contributed by atoms with Gasteiger partial charge in [-0.3, -0.25) is 19.3 Å². The van der Waals surface area contributed by atoms with Crippen LogP contribution < -0.4 is 50.1 Å². The number of hydrogen-bond acceptors (Lipinski definition) is 7. The van der Waals surface area contributed by atoms with Crippen LogP contribution in [0.5, 0.6) is 0 Å². The van der Waals surface area contributed by atoms with Gasteiger partial charge in [0.05, 0.1) is 34.3 Å². The number of alkyl halides is 8. The Labute approximate surface area is 286 Å². The molecule has 40 heavy (non-hydrogen) atoms. The summed E-state index contributed by atoms with van der Waals surface area (Å²) in [6, 6.07) is 1.75. The quantitative estimate of drug-likeness (QED) is 0.0412. The zero-order valence-corrected chi connectivity index (χ0v) is 27.1. The normalized spacial score (nSPS) is 8.68. The van der Waals surface area contributed by atoms with Gasteiger partial charge in [-0.1, -0.05) is 38.1 Å². The molecule has 0 unspecified atom stereocenters. The van der Waals surface area contributed by atoms with E-state index < -0.39 is 40.3 Å². The maximum atomic E-state index is 10.7. The Morgan fingerprint density at radius 2 is 0.975 bits per heavy atom. The molecule has 0 aliphatic rings. The molecule has 0 radical (unpaired) electrons. The van der Waals surface area contributed by atoms with Crippen molar-refractivity contribution < 1.29 is 97.9 Å². The summed E-state index contributed by atoms with van der Waals surface area (Å²) in [5.41, 5.74) is 0. The number of amidine groups is 1. The zero-order chi connectivity index (χ0) is 30.2. The van der Waals surface area contributed by atoms with Crippen LogP contribution in [0.2, 0.25) is 0 Å². The van der Waals surface area contributed by atoms with E-state index in [0.717, 1.165) is 5.29 Å². The van der Waals surface area contributed by atoms with Crippen molar-refractivity contribution in [2.75, 3.05) is 56.4 Å². The van der Waals surface area contributed by atoms with E-state index in [9.17, 15) is 26.3 Å². The van der Waals surface area contributed by atoms with Gasteiger partial charge in [0.2, 0.25) is 4.58 Å². The number of hydrogen-bond donors (Lipinski definition) is 0. The SMILES string of the molecule is C.C.CC#N.CN(C)C(Cl)(Cl)N(C)C.CN(C)C(Cl)=[N+](C)C.FC(F)(F)[N-]C(F)(F)F.O=S=O.O=S=O.[Cl-].[Li+].[Li+]. The van der Waals surface area contributed by atoms with E-state index in [0.29, 0.717) is 5.32 Å². The molecule has 0 aliphatic carbocycles. The van der Waals surface area contributed by atoms with E-state index in [4.69, 9.17) is 56.9 Å². The van der Waals surface area contributed by atoms with Crippen LogP contribution in [0.15, 0.2) is 0 Å². The number of halogens is 10. The van der Waals surface area contributed by atoms with Gasteiger partial charge >= 0.3 is 78.8 Å². The van der Waals surface area contributed by atoms with Crippen molar-refractivity contribution in [1.29, 1.82) is 5.26 Å². The molecular weight excluding hydrogens is 674 g/mol. The third-order valence-electron chi connectivity index (χ3n) is 2.07. The van der Waals surface area contributed by atoms with Crippen molar-refractivity contribution in [3.05, 3.63) is 5.32 Å². The molecule has 24 heteroatoms.